The Bertz CT molecular complexity index is 321. The molecular weight excluding hydrogens is 204 g/mol. The predicted octanol–water partition coefficient (Wildman–Crippen LogP) is 2.23. The van der Waals surface area contributed by atoms with Gasteiger partial charge in [0.25, 0.3) is 0 Å². The smallest absolute Gasteiger partial charge is 0.0330 e. The lowest BCUT2D eigenvalue weighted by Crippen LogP contribution is -2.26. The van der Waals surface area contributed by atoms with Gasteiger partial charge in [-0.25, -0.2) is 0 Å². The van der Waals surface area contributed by atoms with Gasteiger partial charge in [-0.1, -0.05) is 0 Å². The van der Waals surface area contributed by atoms with Gasteiger partial charge in [-0.2, -0.15) is 0 Å². The molecule has 0 aliphatic carbocycles. The van der Waals surface area contributed by atoms with Crippen LogP contribution in [0.15, 0.2) is 12.1 Å². The van der Waals surface area contributed by atoms with Crippen molar-refractivity contribution >= 4 is 11.3 Å². The normalized spacial score (nSPS) is 27.4. The molecule has 84 valence electrons. The molecule has 2 nitrogen and oxygen atoms in total. The number of likely N-dealkylation sites (tertiary alicyclic amines) is 1. The van der Waals surface area contributed by atoms with E-state index >= 15 is 0 Å². The van der Waals surface area contributed by atoms with Crippen LogP contribution in [0.1, 0.15) is 23.1 Å². The largest absolute Gasteiger partial charge is 0.330 e. The molecule has 2 heterocycles. The second kappa shape index (κ2) is 4.64. The van der Waals surface area contributed by atoms with Crippen LogP contribution >= 0.6 is 11.3 Å². The Morgan fingerprint density at radius 1 is 1.53 bits per heavy atom. The third-order valence-corrected chi connectivity index (χ3v) is 4.26. The van der Waals surface area contributed by atoms with Crippen LogP contribution in [-0.2, 0) is 6.54 Å². The van der Waals surface area contributed by atoms with Gasteiger partial charge in [0.05, 0.1) is 0 Å². The zero-order valence-corrected chi connectivity index (χ0v) is 10.4. The average Bonchev–Trinajstić information content (AvgIpc) is 2.75. The molecule has 2 unspecified atom stereocenters. The van der Waals surface area contributed by atoms with Crippen molar-refractivity contribution in [2.75, 3.05) is 13.1 Å². The number of hydrogen-bond acceptors (Lipinski definition) is 3. The molecule has 1 saturated heterocycles. The van der Waals surface area contributed by atoms with Crippen molar-refractivity contribution in [1.29, 1.82) is 0 Å². The lowest BCUT2D eigenvalue weighted by molar-refractivity contribution is 0.258. The zero-order valence-electron chi connectivity index (χ0n) is 9.57. The van der Waals surface area contributed by atoms with Crippen molar-refractivity contribution in [3.63, 3.8) is 0 Å². The molecule has 15 heavy (non-hydrogen) atoms. The maximum Gasteiger partial charge on any atom is 0.0330 e. The van der Waals surface area contributed by atoms with Crippen molar-refractivity contribution in [3.8, 4) is 0 Å². The van der Waals surface area contributed by atoms with E-state index in [0.717, 1.165) is 13.1 Å². The van der Waals surface area contributed by atoms with E-state index in [0.29, 0.717) is 12.0 Å². The van der Waals surface area contributed by atoms with Crippen molar-refractivity contribution in [3.05, 3.63) is 21.9 Å². The highest BCUT2D eigenvalue weighted by Crippen LogP contribution is 2.26. The molecule has 1 aliphatic rings. The second-order valence-corrected chi connectivity index (χ2v) is 6.00. The molecule has 2 N–H and O–H groups in total. The number of nitrogens with zero attached hydrogens (tertiary/aromatic N) is 1. The Hall–Kier alpha value is -0.380. The zero-order chi connectivity index (χ0) is 10.8. The summed E-state index contributed by atoms with van der Waals surface area (Å²) in [6, 6.07) is 5.16. The van der Waals surface area contributed by atoms with Gasteiger partial charge < -0.3 is 5.73 Å². The molecule has 0 bridgehead atoms. The van der Waals surface area contributed by atoms with Gasteiger partial charge >= 0.3 is 0 Å². The summed E-state index contributed by atoms with van der Waals surface area (Å²) in [5, 5.41) is 0. The SMILES string of the molecule is Cc1ccc(CN2CC(CN)CC2C)s1. The average molecular weight is 224 g/mol. The molecule has 0 saturated carbocycles. The summed E-state index contributed by atoms with van der Waals surface area (Å²) in [4.78, 5) is 5.45. The minimum atomic E-state index is 0.695. The van der Waals surface area contributed by atoms with E-state index in [-0.39, 0.29) is 0 Å². The first-order chi connectivity index (χ1) is 7.19. The van der Waals surface area contributed by atoms with Gasteiger partial charge in [-0.3, -0.25) is 4.90 Å². The van der Waals surface area contributed by atoms with Crippen LogP contribution in [0.5, 0.6) is 0 Å². The lowest BCUT2D eigenvalue weighted by Gasteiger charge is -2.19. The van der Waals surface area contributed by atoms with Gasteiger partial charge in [0, 0.05) is 28.9 Å². The van der Waals surface area contributed by atoms with Gasteiger partial charge in [0.15, 0.2) is 0 Å². The molecule has 3 heteroatoms. The molecule has 1 fully saturated rings. The number of hydrogen-bond donors (Lipinski definition) is 1. The van der Waals surface area contributed by atoms with Crippen LogP contribution in [0.25, 0.3) is 0 Å². The summed E-state index contributed by atoms with van der Waals surface area (Å²) in [6.07, 6.45) is 1.26. The van der Waals surface area contributed by atoms with E-state index in [9.17, 15) is 0 Å². The Kier molecular flexibility index (Phi) is 3.44. The van der Waals surface area contributed by atoms with Gasteiger partial charge in [-0.05, 0) is 44.9 Å². The molecule has 1 aromatic heterocycles. The fourth-order valence-corrected chi connectivity index (χ4v) is 3.30. The monoisotopic (exact) mass is 224 g/mol. The highest BCUT2D eigenvalue weighted by Gasteiger charge is 2.27. The first kappa shape index (κ1) is 11.1. The molecular formula is C12H20N2S. The topological polar surface area (TPSA) is 29.3 Å². The van der Waals surface area contributed by atoms with Crippen molar-refractivity contribution in [2.24, 2.45) is 11.7 Å². The Morgan fingerprint density at radius 3 is 2.87 bits per heavy atom. The fraction of sp³-hybridized carbons (Fsp3) is 0.667. The van der Waals surface area contributed by atoms with Crippen LogP contribution in [0.4, 0.5) is 0 Å². The Labute approximate surface area is 96.1 Å². The molecule has 1 aliphatic heterocycles. The summed E-state index contributed by atoms with van der Waals surface area (Å²) in [5.74, 6) is 0.709. The van der Waals surface area contributed by atoms with E-state index in [1.165, 1.54) is 22.7 Å². The molecule has 2 atom stereocenters. The van der Waals surface area contributed by atoms with E-state index in [2.05, 4.69) is 30.9 Å². The quantitative estimate of drug-likeness (QED) is 0.853. The summed E-state index contributed by atoms with van der Waals surface area (Å²) in [6.45, 7) is 7.61. The van der Waals surface area contributed by atoms with E-state index in [1.807, 2.05) is 11.3 Å². The molecule has 0 aromatic carbocycles. The summed E-state index contributed by atoms with van der Waals surface area (Å²) in [7, 11) is 0. The molecule has 0 radical (unpaired) electrons. The number of nitrogens with two attached hydrogens (primary N) is 1. The standard InChI is InChI=1S/C12H20N2S/c1-9-5-11(6-13)7-14(9)8-12-4-3-10(2)15-12/h3-4,9,11H,5-8,13H2,1-2H3. The molecule has 2 rings (SSSR count). The first-order valence-electron chi connectivity index (χ1n) is 5.68. The van der Waals surface area contributed by atoms with Gasteiger partial charge in [-0.15, -0.1) is 11.3 Å². The Balaban J connectivity index is 1.95. The molecule has 0 amide bonds. The van der Waals surface area contributed by atoms with Crippen molar-refractivity contribution in [1.82, 2.24) is 4.90 Å². The maximum absolute atomic E-state index is 5.73. The highest BCUT2D eigenvalue weighted by atomic mass is 32.1. The molecule has 1 aromatic rings. The summed E-state index contributed by atoms with van der Waals surface area (Å²) in [5.41, 5.74) is 5.73. The van der Waals surface area contributed by atoms with E-state index < -0.39 is 0 Å². The second-order valence-electron chi connectivity index (χ2n) is 4.63. The molecule has 0 spiro atoms. The first-order valence-corrected chi connectivity index (χ1v) is 6.50. The number of aryl methyl sites for hydroxylation is 1. The third-order valence-electron chi connectivity index (χ3n) is 3.28. The fourth-order valence-electron chi connectivity index (χ4n) is 2.38. The van der Waals surface area contributed by atoms with Gasteiger partial charge in [0.2, 0.25) is 0 Å². The van der Waals surface area contributed by atoms with Crippen LogP contribution in [-0.4, -0.2) is 24.0 Å². The van der Waals surface area contributed by atoms with Crippen molar-refractivity contribution in [2.45, 2.75) is 32.9 Å². The Morgan fingerprint density at radius 2 is 2.33 bits per heavy atom. The van der Waals surface area contributed by atoms with E-state index in [4.69, 9.17) is 5.73 Å². The third kappa shape index (κ3) is 2.60. The van der Waals surface area contributed by atoms with Crippen molar-refractivity contribution < 1.29 is 0 Å². The minimum Gasteiger partial charge on any atom is -0.330 e. The predicted molar refractivity (Wildman–Crippen MR) is 66.1 cm³/mol. The lowest BCUT2D eigenvalue weighted by atomic mass is 10.1. The maximum atomic E-state index is 5.73. The minimum absolute atomic E-state index is 0.695. The van der Waals surface area contributed by atoms with Crippen LogP contribution in [0.3, 0.4) is 0 Å². The van der Waals surface area contributed by atoms with Crippen LogP contribution in [0, 0.1) is 12.8 Å². The summed E-state index contributed by atoms with van der Waals surface area (Å²) >= 11 is 1.91. The van der Waals surface area contributed by atoms with Crippen LogP contribution in [0.2, 0.25) is 0 Å². The highest BCUT2D eigenvalue weighted by molar-refractivity contribution is 7.11. The summed E-state index contributed by atoms with van der Waals surface area (Å²) < 4.78 is 0. The number of rotatable bonds is 3. The number of thiophene rings is 1. The van der Waals surface area contributed by atoms with Gasteiger partial charge in [0.1, 0.15) is 0 Å². The van der Waals surface area contributed by atoms with E-state index in [1.54, 1.807) is 0 Å². The van der Waals surface area contributed by atoms with Crippen LogP contribution < -0.4 is 5.73 Å².